The Labute approximate surface area is 160 Å². The zero-order valence-corrected chi connectivity index (χ0v) is 15.2. The van der Waals surface area contributed by atoms with E-state index in [-0.39, 0.29) is 24.2 Å². The first-order chi connectivity index (χ1) is 13.3. The lowest BCUT2D eigenvalue weighted by atomic mass is 10.1. The van der Waals surface area contributed by atoms with Crippen molar-refractivity contribution >= 4 is 29.4 Å². The molecule has 148 valence electrons. The summed E-state index contributed by atoms with van der Waals surface area (Å²) in [5.41, 5.74) is 6.33. The van der Waals surface area contributed by atoms with Crippen molar-refractivity contribution in [2.45, 2.75) is 26.3 Å². The number of imide groups is 1. The summed E-state index contributed by atoms with van der Waals surface area (Å²) >= 11 is 0. The van der Waals surface area contributed by atoms with Gasteiger partial charge < -0.3 is 20.6 Å². The van der Waals surface area contributed by atoms with E-state index >= 15 is 0 Å². The molecule has 1 aromatic heterocycles. The van der Waals surface area contributed by atoms with Crippen molar-refractivity contribution in [2.75, 3.05) is 5.32 Å². The highest BCUT2D eigenvalue weighted by molar-refractivity contribution is 6.23. The Morgan fingerprint density at radius 3 is 2.57 bits per heavy atom. The van der Waals surface area contributed by atoms with Gasteiger partial charge in [-0.1, -0.05) is 13.0 Å². The van der Waals surface area contributed by atoms with Crippen molar-refractivity contribution in [3.05, 3.63) is 53.5 Å². The first-order valence-electron chi connectivity index (χ1n) is 8.55. The third kappa shape index (κ3) is 5.44. The van der Waals surface area contributed by atoms with Crippen molar-refractivity contribution in [2.24, 2.45) is 11.7 Å². The van der Waals surface area contributed by atoms with Crippen LogP contribution in [0.5, 0.6) is 0 Å². The van der Waals surface area contributed by atoms with E-state index < -0.39 is 11.9 Å². The van der Waals surface area contributed by atoms with Gasteiger partial charge in [0.05, 0.1) is 23.9 Å². The number of fused-ring (bicyclic) bond motifs is 1. The molecule has 1 aliphatic rings. The number of benzene rings is 1. The number of nitrogens with one attached hydrogen (secondary N) is 2. The summed E-state index contributed by atoms with van der Waals surface area (Å²) < 4.78 is 5.19. The van der Waals surface area contributed by atoms with Gasteiger partial charge in [0.25, 0.3) is 11.8 Å². The van der Waals surface area contributed by atoms with Crippen LogP contribution < -0.4 is 16.4 Å². The van der Waals surface area contributed by atoms with E-state index in [1.807, 2.05) is 6.07 Å². The van der Waals surface area contributed by atoms with Gasteiger partial charge in [-0.05, 0) is 30.7 Å². The fraction of sp³-hybridized carbons (Fsp3) is 0.263. The summed E-state index contributed by atoms with van der Waals surface area (Å²) in [6.45, 7) is 2.08. The number of rotatable bonds is 7. The van der Waals surface area contributed by atoms with E-state index in [0.717, 1.165) is 5.76 Å². The first kappa shape index (κ1) is 20.7. The minimum absolute atomic E-state index is 0.00407. The average molecular weight is 387 g/mol. The van der Waals surface area contributed by atoms with Crippen molar-refractivity contribution in [1.82, 2.24) is 5.32 Å². The third-order valence-electron chi connectivity index (χ3n) is 4.07. The number of hydrogen-bond donors (Lipinski definition) is 4. The summed E-state index contributed by atoms with van der Waals surface area (Å²) in [5, 5.41) is 13.6. The van der Waals surface area contributed by atoms with Crippen LogP contribution in [0.15, 0.2) is 41.0 Å². The van der Waals surface area contributed by atoms with Crippen LogP contribution in [0, 0.1) is 5.92 Å². The van der Waals surface area contributed by atoms with Gasteiger partial charge in [0, 0.05) is 18.0 Å². The fourth-order valence-corrected chi connectivity index (χ4v) is 2.44. The van der Waals surface area contributed by atoms with Crippen molar-refractivity contribution < 1.29 is 28.7 Å². The van der Waals surface area contributed by atoms with E-state index in [9.17, 15) is 19.2 Å². The molecule has 5 N–H and O–H groups in total. The Bertz CT molecular complexity index is 876. The predicted octanol–water partition coefficient (Wildman–Crippen LogP) is 1.75. The number of carbonyl (C=O) groups excluding carboxylic acids is 3. The Hall–Kier alpha value is -3.62. The standard InChI is InChI=1S/C13H10N2O3.C6H11NO3/c16-12-9-4-1-5-10(11(9)13(17)15-12)14-7-8-3-2-6-18-8;1-4(6(7)10)2-3-5(8)9/h1-6,14H,7H2,(H,15,16,17);4H,2-3H2,1H3,(H2,7,10)(H,8,9). The van der Waals surface area contributed by atoms with Crippen LogP contribution in [0.25, 0.3) is 0 Å². The van der Waals surface area contributed by atoms with Gasteiger partial charge in [0.15, 0.2) is 0 Å². The number of hydrogen-bond acceptors (Lipinski definition) is 6. The topological polar surface area (TPSA) is 152 Å². The molecule has 0 saturated heterocycles. The second-order valence-corrected chi connectivity index (χ2v) is 6.18. The molecular formula is C19H21N3O6. The van der Waals surface area contributed by atoms with Crippen molar-refractivity contribution in [3.63, 3.8) is 0 Å². The summed E-state index contributed by atoms with van der Waals surface area (Å²) in [7, 11) is 0. The number of carboxylic acid groups (broad SMARTS) is 1. The number of carbonyl (C=O) groups is 4. The molecule has 0 fully saturated rings. The van der Waals surface area contributed by atoms with Crippen LogP contribution in [-0.2, 0) is 16.1 Å². The van der Waals surface area contributed by atoms with Gasteiger partial charge in [-0.15, -0.1) is 0 Å². The fourth-order valence-electron chi connectivity index (χ4n) is 2.44. The number of aliphatic carboxylic acids is 1. The minimum atomic E-state index is -0.895. The lowest BCUT2D eigenvalue weighted by Crippen LogP contribution is -2.21. The van der Waals surface area contributed by atoms with Crippen LogP contribution >= 0.6 is 0 Å². The van der Waals surface area contributed by atoms with Gasteiger partial charge in [0.2, 0.25) is 5.91 Å². The first-order valence-corrected chi connectivity index (χ1v) is 8.55. The molecule has 2 aromatic rings. The lowest BCUT2D eigenvalue weighted by molar-refractivity contribution is -0.137. The number of nitrogens with two attached hydrogens (primary N) is 1. The quantitative estimate of drug-likeness (QED) is 0.528. The van der Waals surface area contributed by atoms with Crippen molar-refractivity contribution in [1.29, 1.82) is 0 Å². The Balaban J connectivity index is 0.000000242. The molecule has 3 rings (SSSR count). The SMILES string of the molecule is CC(CCC(=O)O)C(N)=O.O=C1NC(=O)c2c(NCc3ccco3)cccc21. The maximum atomic E-state index is 11.7. The molecule has 0 bridgehead atoms. The molecule has 0 aliphatic carbocycles. The molecular weight excluding hydrogens is 366 g/mol. The van der Waals surface area contributed by atoms with Crippen LogP contribution in [0.1, 0.15) is 46.2 Å². The maximum Gasteiger partial charge on any atom is 0.303 e. The van der Waals surface area contributed by atoms with Crippen LogP contribution in [0.2, 0.25) is 0 Å². The van der Waals surface area contributed by atoms with E-state index in [4.69, 9.17) is 15.3 Å². The molecule has 9 heteroatoms. The molecule has 28 heavy (non-hydrogen) atoms. The Morgan fingerprint density at radius 2 is 1.96 bits per heavy atom. The molecule has 2 heterocycles. The highest BCUT2D eigenvalue weighted by Gasteiger charge is 2.29. The molecule has 1 atom stereocenters. The largest absolute Gasteiger partial charge is 0.481 e. The zero-order chi connectivity index (χ0) is 20.7. The summed E-state index contributed by atoms with van der Waals surface area (Å²) in [4.78, 5) is 43.5. The van der Waals surface area contributed by atoms with Gasteiger partial charge >= 0.3 is 5.97 Å². The van der Waals surface area contributed by atoms with Gasteiger partial charge in [-0.3, -0.25) is 24.5 Å². The predicted molar refractivity (Wildman–Crippen MR) is 99.5 cm³/mol. The third-order valence-corrected chi connectivity index (χ3v) is 4.07. The maximum absolute atomic E-state index is 11.7. The number of carboxylic acids is 1. The molecule has 9 nitrogen and oxygen atoms in total. The smallest absolute Gasteiger partial charge is 0.303 e. The molecule has 0 saturated carbocycles. The number of furan rings is 1. The molecule has 3 amide bonds. The molecule has 1 unspecified atom stereocenters. The number of primary amides is 1. The molecule has 0 spiro atoms. The van der Waals surface area contributed by atoms with Gasteiger partial charge in [-0.25, -0.2) is 0 Å². The molecule has 1 aromatic carbocycles. The Morgan fingerprint density at radius 1 is 1.21 bits per heavy atom. The average Bonchev–Trinajstić information content (AvgIpc) is 3.27. The van der Waals surface area contributed by atoms with Crippen LogP contribution in [0.4, 0.5) is 5.69 Å². The van der Waals surface area contributed by atoms with Gasteiger partial charge in [-0.2, -0.15) is 0 Å². The van der Waals surface area contributed by atoms with E-state index in [0.29, 0.717) is 29.8 Å². The molecule has 0 radical (unpaired) electrons. The van der Waals surface area contributed by atoms with Crippen LogP contribution in [-0.4, -0.2) is 28.8 Å². The highest BCUT2D eigenvalue weighted by atomic mass is 16.4. The summed E-state index contributed by atoms with van der Waals surface area (Å²) in [5.74, 6) is -1.63. The lowest BCUT2D eigenvalue weighted by Gasteiger charge is -2.07. The normalized spacial score (nSPS) is 13.0. The highest BCUT2D eigenvalue weighted by Crippen LogP contribution is 2.24. The second-order valence-electron chi connectivity index (χ2n) is 6.18. The van der Waals surface area contributed by atoms with Crippen molar-refractivity contribution in [3.8, 4) is 0 Å². The van der Waals surface area contributed by atoms with E-state index in [1.54, 1.807) is 37.5 Å². The van der Waals surface area contributed by atoms with E-state index in [1.165, 1.54) is 0 Å². The summed E-state index contributed by atoms with van der Waals surface area (Å²) in [6, 6.07) is 8.76. The zero-order valence-electron chi connectivity index (χ0n) is 15.2. The number of anilines is 1. The summed E-state index contributed by atoms with van der Waals surface area (Å²) in [6.07, 6.45) is 1.91. The Kier molecular flexibility index (Phi) is 6.91. The molecule has 1 aliphatic heterocycles. The number of amides is 3. The van der Waals surface area contributed by atoms with Gasteiger partial charge in [0.1, 0.15) is 5.76 Å². The minimum Gasteiger partial charge on any atom is -0.481 e. The second kappa shape index (κ2) is 9.36. The van der Waals surface area contributed by atoms with Crippen LogP contribution in [0.3, 0.4) is 0 Å². The monoisotopic (exact) mass is 387 g/mol. The van der Waals surface area contributed by atoms with E-state index in [2.05, 4.69) is 10.6 Å².